The molecule has 0 heterocycles. The molecule has 0 unspecified atom stereocenters. The second kappa shape index (κ2) is 10.8. The number of hydrogen-bond acceptors (Lipinski definition) is 6. The van der Waals surface area contributed by atoms with E-state index in [-0.39, 0.29) is 32.8 Å². The second-order valence-corrected chi connectivity index (χ2v) is 9.32. The van der Waals surface area contributed by atoms with Gasteiger partial charge in [-0.25, -0.2) is 17.2 Å². The molecule has 0 radical (unpaired) electrons. The van der Waals surface area contributed by atoms with Gasteiger partial charge in [0.1, 0.15) is 23.9 Å². The molecule has 0 bridgehead atoms. The fraction of sp³-hybridized carbons (Fsp3) is 0.174. The van der Waals surface area contributed by atoms with Crippen molar-refractivity contribution < 1.29 is 36.2 Å². The van der Waals surface area contributed by atoms with Gasteiger partial charge in [0.2, 0.25) is 5.91 Å². The lowest BCUT2D eigenvalue weighted by atomic mass is 10.2. The SMILES string of the molecule is COc1ccc(S(=O)(=O)N(CC(=O)Nc2ccc(F)cc2F)c2cc(Cl)ccc2OC)cc1OC. The first-order valence-electron chi connectivity index (χ1n) is 9.94. The highest BCUT2D eigenvalue weighted by atomic mass is 35.5. The fourth-order valence-electron chi connectivity index (χ4n) is 3.17. The Balaban J connectivity index is 2.08. The highest BCUT2D eigenvalue weighted by Crippen LogP contribution is 2.37. The van der Waals surface area contributed by atoms with E-state index in [1.807, 2.05) is 0 Å². The Bertz CT molecular complexity index is 1350. The van der Waals surface area contributed by atoms with Gasteiger partial charge in [0, 0.05) is 17.2 Å². The molecule has 3 aromatic carbocycles. The van der Waals surface area contributed by atoms with Crippen molar-refractivity contribution in [3.05, 3.63) is 71.3 Å². The third-order valence-corrected chi connectivity index (χ3v) is 6.84. The Kier molecular flexibility index (Phi) is 8.03. The van der Waals surface area contributed by atoms with Gasteiger partial charge in [-0.05, 0) is 42.5 Å². The quantitative estimate of drug-likeness (QED) is 0.442. The molecule has 0 fully saturated rings. The van der Waals surface area contributed by atoms with E-state index < -0.39 is 34.1 Å². The molecule has 1 amide bonds. The van der Waals surface area contributed by atoms with Crippen molar-refractivity contribution in [1.29, 1.82) is 0 Å². The number of methoxy groups -OCH3 is 3. The smallest absolute Gasteiger partial charge is 0.265 e. The number of anilines is 2. The van der Waals surface area contributed by atoms with Crippen molar-refractivity contribution in [3.8, 4) is 17.2 Å². The van der Waals surface area contributed by atoms with Crippen LogP contribution in [0.15, 0.2) is 59.5 Å². The molecule has 3 aromatic rings. The maximum atomic E-state index is 14.0. The van der Waals surface area contributed by atoms with E-state index in [4.69, 9.17) is 25.8 Å². The third-order valence-electron chi connectivity index (χ3n) is 4.85. The molecule has 12 heteroatoms. The Morgan fingerprint density at radius 3 is 2.20 bits per heavy atom. The molecule has 0 aromatic heterocycles. The number of sulfonamides is 1. The van der Waals surface area contributed by atoms with Gasteiger partial charge in [0.25, 0.3) is 10.0 Å². The van der Waals surface area contributed by atoms with Gasteiger partial charge in [-0.3, -0.25) is 9.10 Å². The Hall–Kier alpha value is -3.57. The summed E-state index contributed by atoms with van der Waals surface area (Å²) in [5, 5.41) is 2.43. The summed E-state index contributed by atoms with van der Waals surface area (Å²) in [5.74, 6) is -2.21. The van der Waals surface area contributed by atoms with Crippen LogP contribution < -0.4 is 23.8 Å². The van der Waals surface area contributed by atoms with Crippen molar-refractivity contribution >= 4 is 38.9 Å². The fourth-order valence-corrected chi connectivity index (χ4v) is 4.78. The first-order chi connectivity index (χ1) is 16.6. The number of benzene rings is 3. The van der Waals surface area contributed by atoms with E-state index in [0.29, 0.717) is 11.8 Å². The average Bonchev–Trinajstić information content (AvgIpc) is 2.83. The number of nitrogens with one attached hydrogen (secondary N) is 1. The Morgan fingerprint density at radius 2 is 1.57 bits per heavy atom. The number of amides is 1. The van der Waals surface area contributed by atoms with Crippen LogP contribution in [-0.4, -0.2) is 42.2 Å². The van der Waals surface area contributed by atoms with Crippen LogP contribution in [0.1, 0.15) is 0 Å². The molecule has 186 valence electrons. The summed E-state index contributed by atoms with van der Waals surface area (Å²) in [7, 11) is -0.358. The minimum atomic E-state index is -4.42. The van der Waals surface area contributed by atoms with Crippen molar-refractivity contribution in [1.82, 2.24) is 0 Å². The van der Waals surface area contributed by atoms with Crippen molar-refractivity contribution in [2.75, 3.05) is 37.5 Å². The zero-order chi connectivity index (χ0) is 25.8. The Morgan fingerprint density at radius 1 is 0.914 bits per heavy atom. The summed E-state index contributed by atoms with van der Waals surface area (Å²) >= 11 is 6.10. The van der Waals surface area contributed by atoms with E-state index in [9.17, 15) is 22.0 Å². The van der Waals surface area contributed by atoms with E-state index >= 15 is 0 Å². The second-order valence-electron chi connectivity index (χ2n) is 7.02. The molecule has 3 rings (SSSR count). The maximum absolute atomic E-state index is 14.0. The van der Waals surface area contributed by atoms with E-state index in [0.717, 1.165) is 16.4 Å². The topological polar surface area (TPSA) is 94.2 Å². The largest absolute Gasteiger partial charge is 0.495 e. The summed E-state index contributed by atoms with van der Waals surface area (Å²) in [6.07, 6.45) is 0. The zero-order valence-electron chi connectivity index (χ0n) is 18.8. The van der Waals surface area contributed by atoms with Gasteiger partial charge in [-0.1, -0.05) is 11.6 Å². The van der Waals surface area contributed by atoms with Gasteiger partial charge in [0.05, 0.1) is 37.6 Å². The molecule has 8 nitrogen and oxygen atoms in total. The predicted octanol–water partition coefficient (Wildman–Crippen LogP) is 4.48. The van der Waals surface area contributed by atoms with Crippen LogP contribution in [0, 0.1) is 11.6 Å². The van der Waals surface area contributed by atoms with Crippen LogP contribution in [0.4, 0.5) is 20.2 Å². The predicted molar refractivity (Wildman–Crippen MR) is 127 cm³/mol. The van der Waals surface area contributed by atoms with Crippen molar-refractivity contribution in [2.24, 2.45) is 0 Å². The maximum Gasteiger partial charge on any atom is 0.265 e. The number of carbonyl (C=O) groups is 1. The average molecular weight is 527 g/mol. The molecule has 0 aliphatic heterocycles. The molecule has 0 aliphatic carbocycles. The molecular weight excluding hydrogens is 506 g/mol. The first-order valence-corrected chi connectivity index (χ1v) is 11.8. The number of rotatable bonds is 9. The van der Waals surface area contributed by atoms with E-state index in [1.165, 1.54) is 57.7 Å². The van der Waals surface area contributed by atoms with Crippen molar-refractivity contribution in [2.45, 2.75) is 4.90 Å². The van der Waals surface area contributed by atoms with Crippen LogP contribution in [0.5, 0.6) is 17.2 Å². The van der Waals surface area contributed by atoms with Gasteiger partial charge in [-0.2, -0.15) is 0 Å². The van der Waals surface area contributed by atoms with Crippen LogP contribution >= 0.6 is 11.6 Å². The van der Waals surface area contributed by atoms with Crippen LogP contribution in [0.3, 0.4) is 0 Å². The van der Waals surface area contributed by atoms with Gasteiger partial charge in [0.15, 0.2) is 11.5 Å². The van der Waals surface area contributed by atoms with E-state index in [1.54, 1.807) is 0 Å². The van der Waals surface area contributed by atoms with Gasteiger partial charge >= 0.3 is 0 Å². The molecule has 0 spiro atoms. The standard InChI is InChI=1S/C23H21ClF2N2O6S/c1-32-20-8-4-14(24)10-19(20)28(13-23(29)27-18-7-5-15(25)11-17(18)26)35(30,31)16-6-9-21(33-2)22(12-16)34-3/h4-12H,13H2,1-3H3,(H,27,29). The zero-order valence-corrected chi connectivity index (χ0v) is 20.4. The summed E-state index contributed by atoms with van der Waals surface area (Å²) in [6, 6.07) is 10.7. The Labute approximate surface area is 206 Å². The molecule has 0 saturated heterocycles. The number of hydrogen-bond donors (Lipinski definition) is 1. The molecule has 0 aliphatic rings. The molecule has 1 N–H and O–H groups in total. The number of nitrogens with zero attached hydrogens (tertiary/aromatic N) is 1. The van der Waals surface area contributed by atoms with Crippen LogP contribution in [0.2, 0.25) is 5.02 Å². The minimum absolute atomic E-state index is 0.0375. The lowest BCUT2D eigenvalue weighted by molar-refractivity contribution is -0.114. The normalized spacial score (nSPS) is 11.0. The molecule has 35 heavy (non-hydrogen) atoms. The van der Waals surface area contributed by atoms with E-state index in [2.05, 4.69) is 5.32 Å². The minimum Gasteiger partial charge on any atom is -0.495 e. The molecule has 0 atom stereocenters. The third kappa shape index (κ3) is 5.75. The highest BCUT2D eigenvalue weighted by Gasteiger charge is 2.31. The number of ether oxygens (including phenoxy) is 3. The van der Waals surface area contributed by atoms with Crippen LogP contribution in [0.25, 0.3) is 0 Å². The van der Waals surface area contributed by atoms with Gasteiger partial charge in [-0.15, -0.1) is 0 Å². The lowest BCUT2D eigenvalue weighted by Crippen LogP contribution is -2.38. The van der Waals surface area contributed by atoms with Crippen molar-refractivity contribution in [3.63, 3.8) is 0 Å². The summed E-state index contributed by atoms with van der Waals surface area (Å²) in [4.78, 5) is 12.6. The highest BCUT2D eigenvalue weighted by molar-refractivity contribution is 7.92. The summed E-state index contributed by atoms with van der Waals surface area (Å²) in [5.41, 5.74) is -0.359. The first kappa shape index (κ1) is 26.0. The molecular formula is C23H21ClF2N2O6S. The summed E-state index contributed by atoms with van der Waals surface area (Å²) < 4.78 is 71.1. The lowest BCUT2D eigenvalue weighted by Gasteiger charge is -2.26. The molecule has 0 saturated carbocycles. The number of carbonyl (C=O) groups excluding carboxylic acids is 1. The summed E-state index contributed by atoms with van der Waals surface area (Å²) in [6.45, 7) is -0.788. The number of halogens is 3. The van der Waals surface area contributed by atoms with Gasteiger partial charge < -0.3 is 19.5 Å². The van der Waals surface area contributed by atoms with Crippen LogP contribution in [-0.2, 0) is 14.8 Å². The monoisotopic (exact) mass is 526 g/mol.